The van der Waals surface area contributed by atoms with E-state index in [0.717, 1.165) is 31.5 Å². The van der Waals surface area contributed by atoms with E-state index in [1.54, 1.807) is 12.3 Å². The molecular weight excluding hydrogens is 316 g/mol. The molecule has 2 saturated heterocycles. The molecule has 4 rings (SSSR count). The van der Waals surface area contributed by atoms with E-state index in [1.165, 1.54) is 0 Å². The Labute approximate surface area is 147 Å². The molecule has 0 saturated carbocycles. The van der Waals surface area contributed by atoms with E-state index in [9.17, 15) is 9.90 Å². The zero-order valence-electron chi connectivity index (χ0n) is 14.3. The Balaban J connectivity index is 1.62. The first kappa shape index (κ1) is 16.3. The number of rotatable bonds is 3. The molecular formula is C19H24N4O2. The minimum absolute atomic E-state index is 0.0446. The molecule has 0 aliphatic carbocycles. The molecule has 0 radical (unpaired) electrons. The van der Waals surface area contributed by atoms with E-state index in [-0.39, 0.29) is 11.9 Å². The maximum absolute atomic E-state index is 12.7. The van der Waals surface area contributed by atoms with E-state index in [2.05, 4.69) is 15.1 Å². The number of likely N-dealkylation sites (tertiary alicyclic amines) is 2. The molecule has 2 aromatic rings. The van der Waals surface area contributed by atoms with Crippen LogP contribution in [0.5, 0.6) is 0 Å². The van der Waals surface area contributed by atoms with Crippen molar-refractivity contribution < 1.29 is 9.90 Å². The lowest BCUT2D eigenvalue weighted by molar-refractivity contribution is -0.0878. The third kappa shape index (κ3) is 2.96. The number of carbonyl (C=O) groups is 1. The van der Waals surface area contributed by atoms with Gasteiger partial charge >= 0.3 is 0 Å². The van der Waals surface area contributed by atoms with Crippen molar-refractivity contribution >= 4 is 5.91 Å². The van der Waals surface area contributed by atoms with Gasteiger partial charge in [0.05, 0.1) is 6.04 Å². The van der Waals surface area contributed by atoms with Gasteiger partial charge in [-0.1, -0.05) is 30.3 Å². The summed E-state index contributed by atoms with van der Waals surface area (Å²) in [5, 5.41) is 18.2. The number of H-pyrrole nitrogens is 1. The van der Waals surface area contributed by atoms with Crippen LogP contribution in [0, 0.1) is 0 Å². The van der Waals surface area contributed by atoms with Crippen molar-refractivity contribution in [2.45, 2.75) is 30.9 Å². The van der Waals surface area contributed by atoms with Crippen LogP contribution >= 0.6 is 0 Å². The molecule has 6 nitrogen and oxygen atoms in total. The van der Waals surface area contributed by atoms with Crippen molar-refractivity contribution in [3.8, 4) is 0 Å². The Morgan fingerprint density at radius 2 is 1.92 bits per heavy atom. The number of amides is 1. The van der Waals surface area contributed by atoms with Gasteiger partial charge in [-0.15, -0.1) is 0 Å². The first-order valence-electron chi connectivity index (χ1n) is 8.99. The minimum atomic E-state index is -0.920. The highest BCUT2D eigenvalue weighted by Gasteiger charge is 2.47. The van der Waals surface area contributed by atoms with Crippen LogP contribution in [-0.4, -0.2) is 63.2 Å². The number of aromatic nitrogens is 2. The molecule has 0 bridgehead atoms. The number of hydrogen-bond donors (Lipinski definition) is 2. The van der Waals surface area contributed by atoms with Gasteiger partial charge in [0.25, 0.3) is 5.91 Å². The van der Waals surface area contributed by atoms with Crippen LogP contribution in [0.2, 0.25) is 0 Å². The number of benzene rings is 1. The molecule has 1 aromatic carbocycles. The quantitative estimate of drug-likeness (QED) is 0.890. The second-order valence-electron chi connectivity index (χ2n) is 7.02. The van der Waals surface area contributed by atoms with E-state index >= 15 is 0 Å². The van der Waals surface area contributed by atoms with Gasteiger partial charge in [0.1, 0.15) is 11.3 Å². The Kier molecular flexibility index (Phi) is 4.31. The minimum Gasteiger partial charge on any atom is -0.383 e. The molecule has 2 atom stereocenters. The van der Waals surface area contributed by atoms with Crippen molar-refractivity contribution in [1.82, 2.24) is 20.0 Å². The van der Waals surface area contributed by atoms with Gasteiger partial charge in [0.2, 0.25) is 0 Å². The summed E-state index contributed by atoms with van der Waals surface area (Å²) in [4.78, 5) is 16.9. The molecule has 2 aliphatic rings. The van der Waals surface area contributed by atoms with Crippen molar-refractivity contribution in [3.63, 3.8) is 0 Å². The van der Waals surface area contributed by atoms with Crippen LogP contribution in [0.1, 0.15) is 35.3 Å². The second-order valence-corrected chi connectivity index (χ2v) is 7.02. The van der Waals surface area contributed by atoms with Crippen molar-refractivity contribution in [1.29, 1.82) is 0 Å². The standard InChI is InChI=1S/C19H24N4O2/c24-18(16-8-10-20-21-16)23-13-9-19(25,15-6-2-1-3-7-15)17(14-23)22-11-4-5-12-22/h1-3,6-8,10,17,25H,4-5,9,11-14H2,(H,20,21)/t17-,19+/m1/s1. The maximum Gasteiger partial charge on any atom is 0.271 e. The van der Waals surface area contributed by atoms with E-state index < -0.39 is 5.60 Å². The van der Waals surface area contributed by atoms with Crippen molar-refractivity contribution in [3.05, 3.63) is 53.9 Å². The number of aliphatic hydroxyl groups is 1. The second kappa shape index (κ2) is 6.61. The van der Waals surface area contributed by atoms with Crippen molar-refractivity contribution in [2.75, 3.05) is 26.2 Å². The van der Waals surface area contributed by atoms with Gasteiger partial charge in [-0.05, 0) is 44.0 Å². The summed E-state index contributed by atoms with van der Waals surface area (Å²) in [6.45, 7) is 3.02. The van der Waals surface area contributed by atoms with E-state index in [4.69, 9.17) is 0 Å². The predicted octanol–water partition coefficient (Wildman–Crippen LogP) is 1.61. The highest BCUT2D eigenvalue weighted by molar-refractivity contribution is 5.92. The molecule has 0 spiro atoms. The monoisotopic (exact) mass is 340 g/mol. The smallest absolute Gasteiger partial charge is 0.271 e. The lowest BCUT2D eigenvalue weighted by Crippen LogP contribution is -2.61. The Morgan fingerprint density at radius 1 is 1.16 bits per heavy atom. The molecule has 6 heteroatoms. The zero-order chi connectivity index (χ0) is 17.3. The first-order valence-corrected chi connectivity index (χ1v) is 8.99. The Morgan fingerprint density at radius 3 is 2.60 bits per heavy atom. The van der Waals surface area contributed by atoms with Crippen LogP contribution < -0.4 is 0 Å². The van der Waals surface area contributed by atoms with E-state index in [1.807, 2.05) is 35.2 Å². The molecule has 2 N–H and O–H groups in total. The summed E-state index contributed by atoms with van der Waals surface area (Å²) < 4.78 is 0. The van der Waals surface area contributed by atoms with Crippen LogP contribution in [0.4, 0.5) is 0 Å². The summed E-state index contributed by atoms with van der Waals surface area (Å²) in [5.41, 5.74) is 0.530. The van der Waals surface area contributed by atoms with Gasteiger partial charge < -0.3 is 10.0 Å². The van der Waals surface area contributed by atoms with Crippen molar-refractivity contribution in [2.24, 2.45) is 0 Å². The number of nitrogens with zero attached hydrogens (tertiary/aromatic N) is 3. The summed E-state index contributed by atoms with van der Waals surface area (Å²) in [7, 11) is 0. The number of carbonyl (C=O) groups excluding carboxylic acids is 1. The molecule has 25 heavy (non-hydrogen) atoms. The highest BCUT2D eigenvalue weighted by atomic mass is 16.3. The lowest BCUT2D eigenvalue weighted by Gasteiger charge is -2.48. The molecule has 1 aromatic heterocycles. The van der Waals surface area contributed by atoms with Gasteiger partial charge in [-0.2, -0.15) is 5.10 Å². The lowest BCUT2D eigenvalue weighted by atomic mass is 9.79. The number of piperidine rings is 1. The number of hydrogen-bond acceptors (Lipinski definition) is 4. The van der Waals surface area contributed by atoms with Gasteiger partial charge in [-0.25, -0.2) is 0 Å². The third-order valence-electron chi connectivity index (χ3n) is 5.58. The van der Waals surface area contributed by atoms with Crippen LogP contribution in [-0.2, 0) is 5.60 Å². The maximum atomic E-state index is 12.7. The Hall–Kier alpha value is -2.18. The fraction of sp³-hybridized carbons (Fsp3) is 0.474. The summed E-state index contributed by atoms with van der Waals surface area (Å²) >= 11 is 0. The summed E-state index contributed by atoms with van der Waals surface area (Å²) in [6, 6.07) is 11.5. The average molecular weight is 340 g/mol. The summed E-state index contributed by atoms with van der Waals surface area (Å²) in [6.07, 6.45) is 4.43. The average Bonchev–Trinajstić information content (AvgIpc) is 3.36. The predicted molar refractivity (Wildman–Crippen MR) is 94.0 cm³/mol. The first-order chi connectivity index (χ1) is 12.2. The third-order valence-corrected chi connectivity index (χ3v) is 5.58. The molecule has 2 fully saturated rings. The number of aromatic amines is 1. The molecule has 1 amide bonds. The normalized spacial score (nSPS) is 27.6. The van der Waals surface area contributed by atoms with Gasteiger partial charge in [0, 0.05) is 19.3 Å². The van der Waals surface area contributed by atoms with Gasteiger partial charge in [0.15, 0.2) is 0 Å². The highest BCUT2D eigenvalue weighted by Crippen LogP contribution is 2.37. The fourth-order valence-corrected chi connectivity index (χ4v) is 4.19. The molecule has 2 aliphatic heterocycles. The largest absolute Gasteiger partial charge is 0.383 e. The van der Waals surface area contributed by atoms with Crippen LogP contribution in [0.3, 0.4) is 0 Å². The van der Waals surface area contributed by atoms with Crippen LogP contribution in [0.15, 0.2) is 42.6 Å². The van der Waals surface area contributed by atoms with Crippen LogP contribution in [0.25, 0.3) is 0 Å². The summed E-state index contributed by atoms with van der Waals surface area (Å²) in [5.74, 6) is -0.0446. The SMILES string of the molecule is O=C(c1ccn[nH]1)N1CC[C@](O)(c2ccccc2)[C@H](N2CCCC2)C1. The fourth-order valence-electron chi connectivity index (χ4n) is 4.19. The Bertz CT molecular complexity index is 712. The van der Waals surface area contributed by atoms with E-state index in [0.29, 0.717) is 25.2 Å². The molecule has 132 valence electrons. The van der Waals surface area contributed by atoms with Gasteiger partial charge in [-0.3, -0.25) is 14.8 Å². The molecule has 3 heterocycles. The topological polar surface area (TPSA) is 72.5 Å². The molecule has 0 unspecified atom stereocenters. The zero-order valence-corrected chi connectivity index (χ0v) is 14.3. The number of nitrogens with one attached hydrogen (secondary N) is 1.